The molecule has 0 unspecified atom stereocenters. The first-order chi connectivity index (χ1) is 14.5. The summed E-state index contributed by atoms with van der Waals surface area (Å²) in [5.41, 5.74) is 0.603. The predicted octanol–water partition coefficient (Wildman–Crippen LogP) is 3.88. The zero-order chi connectivity index (χ0) is 21.5. The highest BCUT2D eigenvalue weighted by Gasteiger charge is 2.21. The highest BCUT2D eigenvalue weighted by Crippen LogP contribution is 2.29. The first-order valence-corrected chi connectivity index (χ1v) is 10.8. The summed E-state index contributed by atoms with van der Waals surface area (Å²) in [7, 11) is 1.30. The van der Waals surface area contributed by atoms with Crippen molar-refractivity contribution in [2.45, 2.75) is 32.6 Å². The number of carbonyl (C=O) groups is 3. The zero-order valence-electron chi connectivity index (χ0n) is 17.2. The van der Waals surface area contributed by atoms with E-state index in [-0.39, 0.29) is 12.5 Å². The minimum atomic E-state index is -0.512. The quantitative estimate of drug-likeness (QED) is 0.703. The molecule has 2 aromatic rings. The molecule has 1 N–H and O–H groups in total. The summed E-state index contributed by atoms with van der Waals surface area (Å²) in [5, 5.41) is 3.18. The van der Waals surface area contributed by atoms with Gasteiger partial charge in [0.15, 0.2) is 6.61 Å². The summed E-state index contributed by atoms with van der Waals surface area (Å²) in [6.45, 7) is 3.23. The van der Waals surface area contributed by atoms with Crippen LogP contribution in [0.4, 0.5) is 5.00 Å². The molecule has 1 fully saturated rings. The number of ether oxygens (including phenoxy) is 2. The molecule has 8 heteroatoms. The third-order valence-electron chi connectivity index (χ3n) is 4.93. The smallest absolute Gasteiger partial charge is 0.340 e. The van der Waals surface area contributed by atoms with E-state index in [9.17, 15) is 14.4 Å². The first-order valence-electron chi connectivity index (χ1n) is 9.99. The molecule has 1 aliphatic rings. The highest BCUT2D eigenvalue weighted by atomic mass is 32.1. The number of amides is 2. The van der Waals surface area contributed by atoms with Crippen LogP contribution in [0.1, 0.15) is 51.3 Å². The van der Waals surface area contributed by atoms with Crippen molar-refractivity contribution in [3.8, 4) is 5.75 Å². The Morgan fingerprint density at radius 1 is 1.07 bits per heavy atom. The summed E-state index contributed by atoms with van der Waals surface area (Å²) in [4.78, 5) is 40.0. The SMILES string of the molecule is COC(=O)c1cc(C)sc1NC(=O)c1ccccc1OCC(=O)N1CCCCCC1. The molecule has 7 nitrogen and oxygen atoms in total. The number of aryl methyl sites for hydroxylation is 1. The van der Waals surface area contributed by atoms with Crippen LogP contribution >= 0.6 is 11.3 Å². The average molecular weight is 431 g/mol. The van der Waals surface area contributed by atoms with E-state index in [1.165, 1.54) is 18.4 Å². The minimum absolute atomic E-state index is 0.0750. The van der Waals surface area contributed by atoms with Gasteiger partial charge in [0.2, 0.25) is 0 Å². The van der Waals surface area contributed by atoms with E-state index in [0.29, 0.717) is 21.9 Å². The number of nitrogens with one attached hydrogen (secondary N) is 1. The molecular weight excluding hydrogens is 404 g/mol. The van der Waals surface area contributed by atoms with E-state index in [1.807, 2.05) is 11.8 Å². The molecule has 3 rings (SSSR count). The number of para-hydroxylation sites is 1. The van der Waals surface area contributed by atoms with Gasteiger partial charge in [-0.25, -0.2) is 4.79 Å². The standard InChI is InChI=1S/C22H26N2O5S/c1-15-13-17(22(27)28-2)21(30-15)23-20(26)16-9-5-6-10-18(16)29-14-19(25)24-11-7-3-4-8-12-24/h5-6,9-10,13H,3-4,7-8,11-12,14H2,1-2H3,(H,23,26). The lowest BCUT2D eigenvalue weighted by Gasteiger charge is -2.20. The van der Waals surface area contributed by atoms with Gasteiger partial charge in [-0.2, -0.15) is 0 Å². The van der Waals surface area contributed by atoms with Crippen LogP contribution in [0.25, 0.3) is 0 Å². The normalized spacial score (nSPS) is 14.0. The van der Waals surface area contributed by atoms with Crippen molar-refractivity contribution >= 4 is 34.1 Å². The van der Waals surface area contributed by atoms with E-state index in [0.717, 1.165) is 43.6 Å². The number of thiophene rings is 1. The third-order valence-corrected chi connectivity index (χ3v) is 5.90. The molecule has 0 saturated carbocycles. The van der Waals surface area contributed by atoms with Crippen molar-refractivity contribution in [3.05, 3.63) is 46.3 Å². The Morgan fingerprint density at radius 3 is 2.47 bits per heavy atom. The lowest BCUT2D eigenvalue weighted by atomic mass is 10.2. The number of anilines is 1. The van der Waals surface area contributed by atoms with Crippen molar-refractivity contribution < 1.29 is 23.9 Å². The van der Waals surface area contributed by atoms with Crippen LogP contribution in [0.5, 0.6) is 5.75 Å². The second-order valence-electron chi connectivity index (χ2n) is 7.13. The fourth-order valence-electron chi connectivity index (χ4n) is 3.37. The number of benzene rings is 1. The van der Waals surface area contributed by atoms with Crippen molar-refractivity contribution in [3.63, 3.8) is 0 Å². The molecule has 1 saturated heterocycles. The van der Waals surface area contributed by atoms with Crippen molar-refractivity contribution in [2.24, 2.45) is 0 Å². The number of nitrogens with zero attached hydrogens (tertiary/aromatic N) is 1. The van der Waals surface area contributed by atoms with Crippen LogP contribution in [0.3, 0.4) is 0 Å². The maximum atomic E-state index is 12.9. The van der Waals surface area contributed by atoms with Crippen LogP contribution in [-0.2, 0) is 9.53 Å². The highest BCUT2D eigenvalue weighted by molar-refractivity contribution is 7.16. The van der Waals surface area contributed by atoms with Crippen molar-refractivity contribution in [1.29, 1.82) is 0 Å². The molecule has 2 heterocycles. The molecule has 30 heavy (non-hydrogen) atoms. The van der Waals surface area contributed by atoms with Gasteiger partial charge in [-0.3, -0.25) is 9.59 Å². The Balaban J connectivity index is 1.69. The van der Waals surface area contributed by atoms with Gasteiger partial charge in [-0.05, 0) is 38.0 Å². The molecule has 1 aliphatic heterocycles. The summed E-state index contributed by atoms with van der Waals surface area (Å²) in [5.74, 6) is -0.679. The molecule has 0 radical (unpaired) electrons. The van der Waals surface area contributed by atoms with Gasteiger partial charge < -0.3 is 19.7 Å². The summed E-state index contributed by atoms with van der Waals surface area (Å²) >= 11 is 1.29. The maximum Gasteiger partial charge on any atom is 0.340 e. The van der Waals surface area contributed by atoms with Gasteiger partial charge in [0, 0.05) is 18.0 Å². The Bertz CT molecular complexity index is 916. The fraction of sp³-hybridized carbons (Fsp3) is 0.409. The summed E-state index contributed by atoms with van der Waals surface area (Å²) < 4.78 is 10.5. The average Bonchev–Trinajstić information content (AvgIpc) is 2.95. The van der Waals surface area contributed by atoms with Gasteiger partial charge in [0.25, 0.3) is 11.8 Å². The number of carbonyl (C=O) groups excluding carboxylic acids is 3. The van der Waals surface area contributed by atoms with E-state index in [4.69, 9.17) is 9.47 Å². The molecule has 0 atom stereocenters. The van der Waals surface area contributed by atoms with Crippen LogP contribution in [0.2, 0.25) is 0 Å². The largest absolute Gasteiger partial charge is 0.483 e. The molecule has 1 aromatic heterocycles. The Morgan fingerprint density at radius 2 is 1.77 bits per heavy atom. The van der Waals surface area contributed by atoms with Gasteiger partial charge >= 0.3 is 5.97 Å². The van der Waals surface area contributed by atoms with E-state index in [2.05, 4.69) is 5.32 Å². The minimum Gasteiger partial charge on any atom is -0.483 e. The van der Waals surface area contributed by atoms with E-state index < -0.39 is 11.9 Å². The molecule has 0 bridgehead atoms. The Labute approximate surface area is 180 Å². The topological polar surface area (TPSA) is 84.9 Å². The number of rotatable bonds is 6. The van der Waals surface area contributed by atoms with Crippen molar-refractivity contribution in [2.75, 3.05) is 32.1 Å². The van der Waals surface area contributed by atoms with Crippen LogP contribution in [0, 0.1) is 6.92 Å². The predicted molar refractivity (Wildman–Crippen MR) is 115 cm³/mol. The third kappa shape index (κ3) is 5.38. The number of methoxy groups -OCH3 is 1. The van der Waals surface area contributed by atoms with Crippen molar-refractivity contribution in [1.82, 2.24) is 4.90 Å². The Kier molecular flexibility index (Phi) is 7.46. The summed E-state index contributed by atoms with van der Waals surface area (Å²) in [6, 6.07) is 8.43. The van der Waals surface area contributed by atoms with Crippen LogP contribution in [0.15, 0.2) is 30.3 Å². The number of esters is 1. The van der Waals surface area contributed by atoms with Gasteiger partial charge in [0.05, 0.1) is 18.2 Å². The zero-order valence-corrected chi connectivity index (χ0v) is 18.0. The van der Waals surface area contributed by atoms with Crippen LogP contribution < -0.4 is 10.1 Å². The van der Waals surface area contributed by atoms with Gasteiger partial charge in [0.1, 0.15) is 10.8 Å². The molecule has 1 aromatic carbocycles. The monoisotopic (exact) mass is 430 g/mol. The second kappa shape index (κ2) is 10.2. The Hall–Kier alpha value is -2.87. The summed E-state index contributed by atoms with van der Waals surface area (Å²) in [6.07, 6.45) is 4.30. The van der Waals surface area contributed by atoms with Crippen LogP contribution in [-0.4, -0.2) is 49.5 Å². The fourth-order valence-corrected chi connectivity index (χ4v) is 4.26. The number of hydrogen-bond acceptors (Lipinski definition) is 6. The number of likely N-dealkylation sites (tertiary alicyclic amines) is 1. The molecule has 0 spiro atoms. The van der Waals surface area contributed by atoms with Gasteiger partial charge in [-0.15, -0.1) is 11.3 Å². The lowest BCUT2D eigenvalue weighted by molar-refractivity contribution is -0.133. The van der Waals surface area contributed by atoms with Gasteiger partial charge in [-0.1, -0.05) is 25.0 Å². The molecule has 2 amide bonds. The maximum absolute atomic E-state index is 12.9. The second-order valence-corrected chi connectivity index (χ2v) is 8.38. The molecular formula is C22H26N2O5S. The molecule has 0 aliphatic carbocycles. The lowest BCUT2D eigenvalue weighted by Crippen LogP contribution is -2.35. The number of hydrogen-bond donors (Lipinski definition) is 1. The van der Waals surface area contributed by atoms with E-state index >= 15 is 0 Å². The van der Waals surface area contributed by atoms with E-state index in [1.54, 1.807) is 30.3 Å². The molecule has 160 valence electrons. The first kappa shape index (κ1) is 21.8.